The van der Waals surface area contributed by atoms with Gasteiger partial charge in [-0.2, -0.15) is 0 Å². The van der Waals surface area contributed by atoms with Crippen LogP contribution in [0.1, 0.15) is 24.1 Å². The van der Waals surface area contributed by atoms with E-state index in [-0.39, 0.29) is 23.5 Å². The van der Waals surface area contributed by atoms with Crippen LogP contribution in [-0.4, -0.2) is 28.0 Å². The molecule has 3 rings (SSSR count). The van der Waals surface area contributed by atoms with Gasteiger partial charge in [0.05, 0.1) is 18.0 Å². The fourth-order valence-electron chi connectivity index (χ4n) is 3.09. The van der Waals surface area contributed by atoms with Crippen molar-refractivity contribution in [3.63, 3.8) is 0 Å². The minimum atomic E-state index is -3.79. The number of amides is 1. The van der Waals surface area contributed by atoms with E-state index in [0.717, 1.165) is 11.3 Å². The second-order valence-electron chi connectivity index (χ2n) is 7.39. The van der Waals surface area contributed by atoms with Gasteiger partial charge in [0.1, 0.15) is 11.5 Å². The molecule has 0 spiro atoms. The Bertz CT molecular complexity index is 1210. The predicted octanol–water partition coefficient (Wildman–Crippen LogP) is 4.71. The third-order valence-corrected chi connectivity index (χ3v) is 6.54. The Morgan fingerprint density at radius 2 is 1.70 bits per heavy atom. The second-order valence-corrected chi connectivity index (χ2v) is 9.51. The van der Waals surface area contributed by atoms with Crippen LogP contribution in [0.2, 0.25) is 5.02 Å². The minimum Gasteiger partial charge on any atom is -0.497 e. The molecular formula is C24H25ClN2O5S. The van der Waals surface area contributed by atoms with Crippen molar-refractivity contribution in [1.82, 2.24) is 5.32 Å². The van der Waals surface area contributed by atoms with Gasteiger partial charge in [0, 0.05) is 10.7 Å². The Hall–Kier alpha value is -3.23. The molecule has 7 nitrogen and oxygen atoms in total. The summed E-state index contributed by atoms with van der Waals surface area (Å²) in [6.45, 7) is 3.39. The number of aryl methyl sites for hydroxylation is 1. The number of hydrogen-bond donors (Lipinski definition) is 2. The van der Waals surface area contributed by atoms with Gasteiger partial charge >= 0.3 is 0 Å². The number of carbonyl (C=O) groups excluding carboxylic acids is 1. The maximum atomic E-state index is 12.7. The Balaban J connectivity index is 1.59. The van der Waals surface area contributed by atoms with E-state index in [1.807, 2.05) is 31.2 Å². The molecule has 0 saturated carbocycles. The molecule has 0 aromatic heterocycles. The van der Waals surface area contributed by atoms with Gasteiger partial charge in [-0.15, -0.1) is 0 Å². The van der Waals surface area contributed by atoms with Gasteiger partial charge in [-0.3, -0.25) is 9.52 Å². The molecule has 0 aliphatic heterocycles. The Kier molecular flexibility index (Phi) is 7.84. The van der Waals surface area contributed by atoms with Crippen LogP contribution in [0.3, 0.4) is 0 Å². The van der Waals surface area contributed by atoms with Crippen molar-refractivity contribution in [1.29, 1.82) is 0 Å². The van der Waals surface area contributed by atoms with E-state index < -0.39 is 10.0 Å². The number of methoxy groups -OCH3 is 1. The van der Waals surface area contributed by atoms with Gasteiger partial charge in [-0.1, -0.05) is 23.7 Å². The number of hydrogen-bond acceptors (Lipinski definition) is 5. The van der Waals surface area contributed by atoms with Crippen LogP contribution in [0.4, 0.5) is 5.69 Å². The summed E-state index contributed by atoms with van der Waals surface area (Å²) in [4.78, 5) is 12.4. The molecule has 0 heterocycles. The normalized spacial score (nSPS) is 12.0. The Morgan fingerprint density at radius 3 is 2.30 bits per heavy atom. The summed E-state index contributed by atoms with van der Waals surface area (Å²) in [7, 11) is -2.19. The highest BCUT2D eigenvalue weighted by Crippen LogP contribution is 2.24. The largest absolute Gasteiger partial charge is 0.497 e. The quantitative estimate of drug-likeness (QED) is 0.454. The SMILES string of the molecule is COc1ccc([C@H](C)NC(=O)COc2ccc(S(=O)(=O)Nc3ccc(Cl)cc3)cc2C)cc1. The number of sulfonamides is 1. The first-order valence-electron chi connectivity index (χ1n) is 10.1. The van der Waals surface area contributed by atoms with E-state index in [1.54, 1.807) is 38.3 Å². The molecule has 0 bridgehead atoms. The van der Waals surface area contributed by atoms with Crippen molar-refractivity contribution in [3.8, 4) is 11.5 Å². The fraction of sp³-hybridized carbons (Fsp3) is 0.208. The Labute approximate surface area is 198 Å². The third-order valence-electron chi connectivity index (χ3n) is 4.91. The summed E-state index contributed by atoms with van der Waals surface area (Å²) < 4.78 is 38.6. The predicted molar refractivity (Wildman–Crippen MR) is 128 cm³/mol. The maximum Gasteiger partial charge on any atom is 0.261 e. The highest BCUT2D eigenvalue weighted by molar-refractivity contribution is 7.92. The van der Waals surface area contributed by atoms with Crippen molar-refractivity contribution in [2.75, 3.05) is 18.4 Å². The van der Waals surface area contributed by atoms with Crippen molar-refractivity contribution in [2.45, 2.75) is 24.8 Å². The van der Waals surface area contributed by atoms with E-state index in [0.29, 0.717) is 22.0 Å². The molecule has 0 radical (unpaired) electrons. The number of anilines is 1. The van der Waals surface area contributed by atoms with E-state index in [9.17, 15) is 13.2 Å². The number of carbonyl (C=O) groups is 1. The lowest BCUT2D eigenvalue weighted by atomic mass is 10.1. The van der Waals surface area contributed by atoms with Crippen molar-refractivity contribution in [2.24, 2.45) is 0 Å². The molecule has 2 N–H and O–H groups in total. The number of rotatable bonds is 9. The molecule has 0 aliphatic carbocycles. The Morgan fingerprint density at radius 1 is 1.03 bits per heavy atom. The van der Waals surface area contributed by atoms with E-state index >= 15 is 0 Å². The van der Waals surface area contributed by atoms with Crippen LogP contribution in [0.5, 0.6) is 11.5 Å². The van der Waals surface area contributed by atoms with Gasteiger partial charge in [0.15, 0.2) is 6.61 Å². The minimum absolute atomic E-state index is 0.0832. The zero-order valence-electron chi connectivity index (χ0n) is 18.5. The zero-order valence-corrected chi connectivity index (χ0v) is 20.0. The lowest BCUT2D eigenvalue weighted by molar-refractivity contribution is -0.123. The molecule has 174 valence electrons. The van der Waals surface area contributed by atoms with Crippen LogP contribution in [0, 0.1) is 6.92 Å². The lowest BCUT2D eigenvalue weighted by Gasteiger charge is -2.16. The van der Waals surface area contributed by atoms with Crippen LogP contribution in [-0.2, 0) is 14.8 Å². The third kappa shape index (κ3) is 6.63. The van der Waals surface area contributed by atoms with E-state index in [1.165, 1.54) is 18.2 Å². The first-order valence-corrected chi connectivity index (χ1v) is 12.0. The van der Waals surface area contributed by atoms with Crippen molar-refractivity contribution < 1.29 is 22.7 Å². The summed E-state index contributed by atoms with van der Waals surface area (Å²) in [6.07, 6.45) is 0. The van der Waals surface area contributed by atoms with Gasteiger partial charge in [-0.25, -0.2) is 8.42 Å². The standard InChI is InChI=1S/C24H25ClN2O5S/c1-16-14-22(33(29,30)27-20-8-6-19(25)7-9-20)12-13-23(16)32-15-24(28)26-17(2)18-4-10-21(31-3)11-5-18/h4-14,17,27H,15H2,1-3H3,(H,26,28)/t17-/m0/s1. The lowest BCUT2D eigenvalue weighted by Crippen LogP contribution is -2.31. The van der Waals surface area contributed by atoms with Crippen LogP contribution < -0.4 is 19.5 Å². The molecule has 0 saturated heterocycles. The molecule has 0 unspecified atom stereocenters. The molecule has 33 heavy (non-hydrogen) atoms. The van der Waals surface area contributed by atoms with Gasteiger partial charge in [0.25, 0.3) is 15.9 Å². The van der Waals surface area contributed by atoms with E-state index in [2.05, 4.69) is 10.0 Å². The number of ether oxygens (including phenoxy) is 2. The van der Waals surface area contributed by atoms with Gasteiger partial charge in [0.2, 0.25) is 0 Å². The highest BCUT2D eigenvalue weighted by Gasteiger charge is 2.17. The number of halogens is 1. The molecule has 0 fully saturated rings. The number of nitrogens with one attached hydrogen (secondary N) is 2. The highest BCUT2D eigenvalue weighted by atomic mass is 35.5. The van der Waals surface area contributed by atoms with E-state index in [4.69, 9.17) is 21.1 Å². The zero-order chi connectivity index (χ0) is 24.0. The molecule has 9 heteroatoms. The summed E-state index contributed by atoms with van der Waals surface area (Å²) in [5, 5.41) is 3.38. The fourth-order valence-corrected chi connectivity index (χ4v) is 4.35. The average Bonchev–Trinajstić information content (AvgIpc) is 2.79. The second kappa shape index (κ2) is 10.6. The van der Waals surface area contributed by atoms with Gasteiger partial charge in [-0.05, 0) is 79.6 Å². The molecule has 3 aromatic rings. The summed E-state index contributed by atoms with van der Waals surface area (Å²) >= 11 is 5.84. The topological polar surface area (TPSA) is 93.7 Å². The molecule has 3 aromatic carbocycles. The first-order chi connectivity index (χ1) is 15.7. The maximum absolute atomic E-state index is 12.7. The van der Waals surface area contributed by atoms with Crippen LogP contribution >= 0.6 is 11.6 Å². The average molecular weight is 489 g/mol. The van der Waals surface area contributed by atoms with Gasteiger partial charge < -0.3 is 14.8 Å². The van der Waals surface area contributed by atoms with Crippen LogP contribution in [0.15, 0.2) is 71.6 Å². The molecule has 0 aliphatic rings. The smallest absolute Gasteiger partial charge is 0.261 e. The van der Waals surface area contributed by atoms with Crippen molar-refractivity contribution >= 4 is 33.2 Å². The number of benzene rings is 3. The first kappa shape index (κ1) is 24.4. The molecular weight excluding hydrogens is 464 g/mol. The van der Waals surface area contributed by atoms with Crippen LogP contribution in [0.25, 0.3) is 0 Å². The molecule has 1 atom stereocenters. The molecule has 1 amide bonds. The summed E-state index contributed by atoms with van der Waals surface area (Å²) in [6, 6.07) is 18.0. The van der Waals surface area contributed by atoms with Crippen molar-refractivity contribution in [3.05, 3.63) is 82.9 Å². The summed E-state index contributed by atoms with van der Waals surface area (Å²) in [5.41, 5.74) is 1.92. The summed E-state index contributed by atoms with van der Waals surface area (Å²) in [5.74, 6) is 0.872. The monoisotopic (exact) mass is 488 g/mol.